The SMILES string of the molecule is CCc1cnc(-c2ccc(Br)cc2O)[nH]1. The lowest BCUT2D eigenvalue weighted by molar-refractivity contribution is 0.476. The lowest BCUT2D eigenvalue weighted by atomic mass is 10.2. The molecule has 0 amide bonds. The molecule has 2 N–H and O–H groups in total. The zero-order valence-corrected chi connectivity index (χ0v) is 9.87. The molecule has 0 aliphatic heterocycles. The first-order valence-corrected chi connectivity index (χ1v) is 5.52. The second-order valence-corrected chi connectivity index (χ2v) is 4.19. The number of rotatable bonds is 2. The van der Waals surface area contributed by atoms with Crippen LogP contribution in [0.1, 0.15) is 12.6 Å². The fourth-order valence-electron chi connectivity index (χ4n) is 1.38. The maximum atomic E-state index is 9.74. The van der Waals surface area contributed by atoms with Crippen LogP contribution in [-0.4, -0.2) is 15.1 Å². The molecule has 3 nitrogen and oxygen atoms in total. The van der Waals surface area contributed by atoms with Crippen molar-refractivity contribution in [1.29, 1.82) is 0 Å². The molecule has 4 heteroatoms. The van der Waals surface area contributed by atoms with Gasteiger partial charge in [-0.05, 0) is 24.6 Å². The van der Waals surface area contributed by atoms with E-state index in [1.54, 1.807) is 12.3 Å². The van der Waals surface area contributed by atoms with E-state index in [9.17, 15) is 5.11 Å². The van der Waals surface area contributed by atoms with Gasteiger partial charge in [0.05, 0.1) is 5.56 Å². The smallest absolute Gasteiger partial charge is 0.141 e. The number of halogens is 1. The van der Waals surface area contributed by atoms with Gasteiger partial charge in [0.1, 0.15) is 11.6 Å². The molecule has 1 heterocycles. The highest BCUT2D eigenvalue weighted by Gasteiger charge is 2.07. The normalized spacial score (nSPS) is 10.5. The second kappa shape index (κ2) is 4.06. The van der Waals surface area contributed by atoms with Crippen molar-refractivity contribution in [2.75, 3.05) is 0 Å². The lowest BCUT2D eigenvalue weighted by Gasteiger charge is -2.01. The van der Waals surface area contributed by atoms with E-state index in [2.05, 4.69) is 32.8 Å². The van der Waals surface area contributed by atoms with Crippen LogP contribution in [0.5, 0.6) is 5.75 Å². The molecule has 0 unspecified atom stereocenters. The number of aromatic hydroxyl groups is 1. The Labute approximate surface area is 96.3 Å². The molecule has 0 saturated heterocycles. The van der Waals surface area contributed by atoms with Gasteiger partial charge in [-0.15, -0.1) is 0 Å². The van der Waals surface area contributed by atoms with Gasteiger partial charge >= 0.3 is 0 Å². The van der Waals surface area contributed by atoms with Crippen molar-refractivity contribution < 1.29 is 5.11 Å². The summed E-state index contributed by atoms with van der Waals surface area (Å²) in [6, 6.07) is 5.37. The molecular weight excluding hydrogens is 256 g/mol. The Morgan fingerprint density at radius 3 is 2.87 bits per heavy atom. The highest BCUT2D eigenvalue weighted by atomic mass is 79.9. The summed E-state index contributed by atoms with van der Waals surface area (Å²) < 4.78 is 0.853. The van der Waals surface area contributed by atoms with E-state index in [1.165, 1.54) is 0 Å². The Balaban J connectivity index is 2.44. The van der Waals surface area contributed by atoms with Gasteiger partial charge in [0, 0.05) is 16.4 Å². The maximum Gasteiger partial charge on any atom is 0.141 e. The molecule has 2 rings (SSSR count). The summed E-state index contributed by atoms with van der Waals surface area (Å²) in [4.78, 5) is 7.37. The summed E-state index contributed by atoms with van der Waals surface area (Å²) in [5.41, 5.74) is 1.78. The number of nitrogens with one attached hydrogen (secondary N) is 1. The Morgan fingerprint density at radius 1 is 1.47 bits per heavy atom. The van der Waals surface area contributed by atoms with Gasteiger partial charge in [-0.3, -0.25) is 0 Å². The number of imidazole rings is 1. The first kappa shape index (κ1) is 10.2. The number of aromatic nitrogens is 2. The number of nitrogens with zero attached hydrogens (tertiary/aromatic N) is 1. The number of phenols is 1. The average Bonchev–Trinajstić information content (AvgIpc) is 2.66. The van der Waals surface area contributed by atoms with Crippen molar-refractivity contribution in [2.45, 2.75) is 13.3 Å². The third kappa shape index (κ3) is 2.04. The molecule has 0 aliphatic carbocycles. The van der Waals surface area contributed by atoms with Crippen LogP contribution in [0, 0.1) is 0 Å². The highest BCUT2D eigenvalue weighted by molar-refractivity contribution is 9.10. The number of hydrogen-bond acceptors (Lipinski definition) is 2. The number of aryl methyl sites for hydroxylation is 1. The van der Waals surface area contributed by atoms with Crippen LogP contribution in [0.4, 0.5) is 0 Å². The van der Waals surface area contributed by atoms with Crippen LogP contribution in [0.25, 0.3) is 11.4 Å². The summed E-state index contributed by atoms with van der Waals surface area (Å²) in [7, 11) is 0. The molecule has 15 heavy (non-hydrogen) atoms. The van der Waals surface area contributed by atoms with Crippen molar-refractivity contribution >= 4 is 15.9 Å². The predicted octanol–water partition coefficient (Wildman–Crippen LogP) is 3.11. The average molecular weight is 267 g/mol. The summed E-state index contributed by atoms with van der Waals surface area (Å²) in [6.45, 7) is 2.05. The van der Waals surface area contributed by atoms with E-state index >= 15 is 0 Å². The first-order chi connectivity index (χ1) is 7.20. The standard InChI is InChI=1S/C11H11BrN2O/c1-2-8-6-13-11(14-8)9-4-3-7(12)5-10(9)15/h3-6,15H,2H2,1H3,(H,13,14). The number of hydrogen-bond donors (Lipinski definition) is 2. The summed E-state index contributed by atoms with van der Waals surface area (Å²) in [6.07, 6.45) is 2.70. The molecule has 0 radical (unpaired) electrons. The molecular formula is C11H11BrN2O. The molecule has 0 bridgehead atoms. The molecule has 0 spiro atoms. The largest absolute Gasteiger partial charge is 0.507 e. The Hall–Kier alpha value is -1.29. The summed E-state index contributed by atoms with van der Waals surface area (Å²) in [5.74, 6) is 0.929. The van der Waals surface area contributed by atoms with Gasteiger partial charge in [-0.2, -0.15) is 0 Å². The quantitative estimate of drug-likeness (QED) is 0.878. The Morgan fingerprint density at radius 2 is 2.27 bits per heavy atom. The number of aromatic amines is 1. The number of phenolic OH excluding ortho intramolecular Hbond substituents is 1. The minimum Gasteiger partial charge on any atom is -0.507 e. The van der Waals surface area contributed by atoms with Crippen LogP contribution in [0.15, 0.2) is 28.9 Å². The molecule has 0 aliphatic rings. The Kier molecular flexibility index (Phi) is 2.77. The highest BCUT2D eigenvalue weighted by Crippen LogP contribution is 2.29. The second-order valence-electron chi connectivity index (χ2n) is 3.27. The molecule has 78 valence electrons. The summed E-state index contributed by atoms with van der Waals surface area (Å²) in [5, 5.41) is 9.74. The van der Waals surface area contributed by atoms with Gasteiger partial charge in [0.15, 0.2) is 0 Å². The van der Waals surface area contributed by atoms with Gasteiger partial charge in [-0.25, -0.2) is 4.98 Å². The van der Waals surface area contributed by atoms with E-state index in [-0.39, 0.29) is 5.75 Å². The fourth-order valence-corrected chi connectivity index (χ4v) is 1.73. The zero-order valence-electron chi connectivity index (χ0n) is 8.29. The van der Waals surface area contributed by atoms with Crippen LogP contribution < -0.4 is 0 Å². The van der Waals surface area contributed by atoms with Crippen LogP contribution in [0.2, 0.25) is 0 Å². The number of benzene rings is 1. The topological polar surface area (TPSA) is 48.9 Å². The van der Waals surface area contributed by atoms with Crippen molar-refractivity contribution in [3.05, 3.63) is 34.6 Å². The van der Waals surface area contributed by atoms with E-state index < -0.39 is 0 Å². The molecule has 0 atom stereocenters. The van der Waals surface area contributed by atoms with Crippen molar-refractivity contribution in [3.8, 4) is 17.1 Å². The van der Waals surface area contributed by atoms with E-state index in [4.69, 9.17) is 0 Å². The van der Waals surface area contributed by atoms with Crippen molar-refractivity contribution in [3.63, 3.8) is 0 Å². The summed E-state index contributed by atoms with van der Waals surface area (Å²) >= 11 is 3.30. The van der Waals surface area contributed by atoms with E-state index in [0.717, 1.165) is 22.2 Å². The van der Waals surface area contributed by atoms with Crippen LogP contribution >= 0.6 is 15.9 Å². The van der Waals surface area contributed by atoms with Gasteiger partial charge < -0.3 is 10.1 Å². The molecule has 0 fully saturated rings. The van der Waals surface area contributed by atoms with E-state index in [0.29, 0.717) is 5.82 Å². The van der Waals surface area contributed by atoms with Crippen molar-refractivity contribution in [1.82, 2.24) is 9.97 Å². The fraction of sp³-hybridized carbons (Fsp3) is 0.182. The molecule has 2 aromatic rings. The third-order valence-electron chi connectivity index (χ3n) is 2.22. The zero-order chi connectivity index (χ0) is 10.8. The Bertz CT molecular complexity index is 479. The molecule has 1 aromatic heterocycles. The number of H-pyrrole nitrogens is 1. The first-order valence-electron chi connectivity index (χ1n) is 4.73. The minimum absolute atomic E-state index is 0.223. The van der Waals surface area contributed by atoms with Gasteiger partial charge in [0.2, 0.25) is 0 Å². The lowest BCUT2D eigenvalue weighted by Crippen LogP contribution is -1.83. The van der Waals surface area contributed by atoms with Crippen LogP contribution in [-0.2, 0) is 6.42 Å². The maximum absolute atomic E-state index is 9.74. The monoisotopic (exact) mass is 266 g/mol. The van der Waals surface area contributed by atoms with Gasteiger partial charge in [-0.1, -0.05) is 22.9 Å². The van der Waals surface area contributed by atoms with Crippen LogP contribution in [0.3, 0.4) is 0 Å². The van der Waals surface area contributed by atoms with Crippen molar-refractivity contribution in [2.24, 2.45) is 0 Å². The van der Waals surface area contributed by atoms with Gasteiger partial charge in [0.25, 0.3) is 0 Å². The molecule has 0 saturated carbocycles. The predicted molar refractivity (Wildman–Crippen MR) is 62.8 cm³/mol. The minimum atomic E-state index is 0.223. The molecule has 1 aromatic carbocycles. The van der Waals surface area contributed by atoms with E-state index in [1.807, 2.05) is 12.1 Å². The third-order valence-corrected chi connectivity index (χ3v) is 2.72.